The lowest BCUT2D eigenvalue weighted by molar-refractivity contribution is -0.384. The number of nitro benzene ring substituents is 1. The molecule has 11 nitrogen and oxygen atoms in total. The van der Waals surface area contributed by atoms with Crippen LogP contribution in [0.1, 0.15) is 5.56 Å². The van der Waals surface area contributed by atoms with Crippen LogP contribution in [0.5, 0.6) is 0 Å². The summed E-state index contributed by atoms with van der Waals surface area (Å²) in [6.45, 7) is -0.876. The van der Waals surface area contributed by atoms with E-state index in [1.54, 1.807) is 6.07 Å². The highest BCUT2D eigenvalue weighted by Crippen LogP contribution is 2.33. The molecule has 0 radical (unpaired) electrons. The summed E-state index contributed by atoms with van der Waals surface area (Å²) in [6, 6.07) is 20.1. The van der Waals surface area contributed by atoms with Crippen molar-refractivity contribution in [3.05, 3.63) is 119 Å². The van der Waals surface area contributed by atoms with Crippen LogP contribution in [0.4, 0.5) is 35.9 Å². The fourth-order valence-corrected chi connectivity index (χ4v) is 6.38. The van der Waals surface area contributed by atoms with Crippen LogP contribution in [0.3, 0.4) is 0 Å². The quantitative estimate of drug-likeness (QED) is 0.178. The smallest absolute Gasteiger partial charge is 0.325 e. The Kier molecular flexibility index (Phi) is 8.72. The summed E-state index contributed by atoms with van der Waals surface area (Å²) in [4.78, 5) is 23.3. The molecule has 0 aromatic heterocycles. The van der Waals surface area contributed by atoms with Gasteiger partial charge in [0.15, 0.2) is 0 Å². The molecular weight excluding hydrogens is 613 g/mol. The maximum Gasteiger partial charge on any atom is 0.416 e. The number of anilines is 3. The van der Waals surface area contributed by atoms with Crippen molar-refractivity contribution >= 4 is 48.7 Å². The van der Waals surface area contributed by atoms with Gasteiger partial charge in [-0.1, -0.05) is 36.4 Å². The number of hydrogen-bond donors (Lipinski definition) is 2. The van der Waals surface area contributed by atoms with Crippen molar-refractivity contribution in [2.24, 2.45) is 0 Å². The van der Waals surface area contributed by atoms with Crippen molar-refractivity contribution < 1.29 is 39.7 Å². The van der Waals surface area contributed by atoms with Crippen LogP contribution in [0.2, 0.25) is 0 Å². The fourth-order valence-electron chi connectivity index (χ4n) is 3.87. The monoisotopic (exact) mass is 634 g/mol. The van der Waals surface area contributed by atoms with Gasteiger partial charge in [0.05, 0.1) is 20.3 Å². The first-order valence-electron chi connectivity index (χ1n) is 12.1. The van der Waals surface area contributed by atoms with E-state index in [0.717, 1.165) is 36.4 Å². The van der Waals surface area contributed by atoms with E-state index in [4.69, 9.17) is 0 Å². The summed E-state index contributed by atoms with van der Waals surface area (Å²) in [6.07, 6.45) is -4.68. The average molecular weight is 635 g/mol. The van der Waals surface area contributed by atoms with Gasteiger partial charge < -0.3 is 5.32 Å². The van der Waals surface area contributed by atoms with Crippen molar-refractivity contribution in [2.75, 3.05) is 20.9 Å². The maximum absolute atomic E-state index is 13.5. The number of carbonyl (C=O) groups is 1. The van der Waals surface area contributed by atoms with Crippen LogP contribution in [-0.2, 0) is 31.0 Å². The van der Waals surface area contributed by atoms with E-state index in [0.29, 0.717) is 10.4 Å². The van der Waals surface area contributed by atoms with E-state index in [9.17, 15) is 44.9 Å². The summed E-state index contributed by atoms with van der Waals surface area (Å²) in [5.74, 6) is -0.907. The summed E-state index contributed by atoms with van der Waals surface area (Å²) < 4.78 is 93.9. The van der Waals surface area contributed by atoms with E-state index in [1.807, 2.05) is 0 Å². The zero-order chi connectivity index (χ0) is 31.4. The Hall–Kier alpha value is -4.96. The molecule has 0 bridgehead atoms. The van der Waals surface area contributed by atoms with Crippen LogP contribution in [0.15, 0.2) is 113 Å². The first-order valence-corrected chi connectivity index (χ1v) is 15.0. The van der Waals surface area contributed by atoms with E-state index in [1.165, 1.54) is 54.6 Å². The molecule has 0 aliphatic rings. The third kappa shape index (κ3) is 7.28. The molecule has 0 heterocycles. The molecular formula is C27H21F3N4O7S2. The summed E-state index contributed by atoms with van der Waals surface area (Å²) in [7, 11) is -8.78. The zero-order valence-electron chi connectivity index (χ0n) is 21.7. The van der Waals surface area contributed by atoms with Gasteiger partial charge in [0.25, 0.3) is 25.7 Å². The topological polar surface area (TPSA) is 156 Å². The van der Waals surface area contributed by atoms with E-state index >= 15 is 0 Å². The molecule has 2 N–H and O–H groups in total. The summed E-state index contributed by atoms with van der Waals surface area (Å²) in [5, 5.41) is 14.0. The van der Waals surface area contributed by atoms with Gasteiger partial charge in [0, 0.05) is 17.4 Å². The third-order valence-electron chi connectivity index (χ3n) is 5.86. The molecule has 0 fully saturated rings. The SMILES string of the molecule is O=C(CN(c1ccccc1[N+](=O)[O-])S(=O)(=O)c1ccccc1)Nc1ccc(S(=O)(=O)Nc2cccc(C(F)(F)F)c2)cc1. The van der Waals surface area contributed by atoms with Gasteiger partial charge in [-0.05, 0) is 60.7 Å². The molecule has 4 aromatic carbocycles. The van der Waals surface area contributed by atoms with Crippen molar-refractivity contribution in [3.8, 4) is 0 Å². The van der Waals surface area contributed by atoms with Crippen LogP contribution >= 0.6 is 0 Å². The predicted octanol–water partition coefficient (Wildman–Crippen LogP) is 5.25. The lowest BCUT2D eigenvalue weighted by atomic mass is 10.2. The van der Waals surface area contributed by atoms with Crippen LogP contribution in [0.25, 0.3) is 0 Å². The second-order valence-electron chi connectivity index (χ2n) is 8.83. The number of rotatable bonds is 10. The van der Waals surface area contributed by atoms with Crippen LogP contribution in [0, 0.1) is 10.1 Å². The van der Waals surface area contributed by atoms with Crippen molar-refractivity contribution in [1.29, 1.82) is 0 Å². The van der Waals surface area contributed by atoms with Crippen LogP contribution < -0.4 is 14.3 Å². The molecule has 16 heteroatoms. The summed E-state index contributed by atoms with van der Waals surface area (Å²) >= 11 is 0. The molecule has 0 saturated heterocycles. The number of benzene rings is 4. The van der Waals surface area contributed by atoms with Gasteiger partial charge in [-0.3, -0.25) is 19.6 Å². The minimum atomic E-state index is -4.68. The number of carbonyl (C=O) groups excluding carboxylic acids is 1. The Labute approximate surface area is 243 Å². The van der Waals surface area contributed by atoms with Gasteiger partial charge >= 0.3 is 6.18 Å². The largest absolute Gasteiger partial charge is 0.416 e. The number of halogens is 3. The molecule has 4 rings (SSSR count). The normalized spacial score (nSPS) is 11.9. The molecule has 1 amide bonds. The molecule has 0 atom stereocenters. The number of sulfonamides is 2. The highest BCUT2D eigenvalue weighted by Gasteiger charge is 2.32. The summed E-state index contributed by atoms with van der Waals surface area (Å²) in [5.41, 5.74) is -2.23. The Bertz CT molecular complexity index is 1870. The van der Waals surface area contributed by atoms with Crippen molar-refractivity contribution in [3.63, 3.8) is 0 Å². The number of nitro groups is 1. The first-order chi connectivity index (χ1) is 20.2. The van der Waals surface area contributed by atoms with Gasteiger partial charge in [-0.2, -0.15) is 13.2 Å². The van der Waals surface area contributed by atoms with E-state index in [-0.39, 0.29) is 26.9 Å². The van der Waals surface area contributed by atoms with Gasteiger partial charge in [0.1, 0.15) is 12.2 Å². The molecule has 0 saturated carbocycles. The van der Waals surface area contributed by atoms with E-state index < -0.39 is 54.8 Å². The first kappa shape index (κ1) is 31.0. The van der Waals surface area contributed by atoms with Crippen molar-refractivity contribution in [2.45, 2.75) is 16.0 Å². The molecule has 4 aromatic rings. The Balaban J connectivity index is 1.55. The third-order valence-corrected chi connectivity index (χ3v) is 9.03. The second-order valence-corrected chi connectivity index (χ2v) is 12.4. The highest BCUT2D eigenvalue weighted by atomic mass is 32.2. The lowest BCUT2D eigenvalue weighted by Gasteiger charge is -2.23. The van der Waals surface area contributed by atoms with Gasteiger partial charge in [-0.25, -0.2) is 21.1 Å². The number of amides is 1. The minimum Gasteiger partial charge on any atom is -0.325 e. The highest BCUT2D eigenvalue weighted by molar-refractivity contribution is 7.93. The van der Waals surface area contributed by atoms with Gasteiger partial charge in [0.2, 0.25) is 5.91 Å². The molecule has 224 valence electrons. The Morgan fingerprint density at radius 3 is 2.05 bits per heavy atom. The average Bonchev–Trinajstić information content (AvgIpc) is 2.96. The molecule has 43 heavy (non-hydrogen) atoms. The number of hydrogen-bond acceptors (Lipinski definition) is 7. The zero-order valence-corrected chi connectivity index (χ0v) is 23.4. The molecule has 0 aliphatic carbocycles. The Morgan fingerprint density at radius 2 is 1.42 bits per heavy atom. The standard InChI is InChI=1S/C27H21F3N4O7S2/c28-27(29,30)19-7-6-8-21(17-19)32-42(38,39)22-15-13-20(14-16-22)31-26(35)18-33(24-11-4-5-12-25(24)34(36)37)43(40,41)23-9-2-1-3-10-23/h1-17,32H,18H2,(H,31,35). The molecule has 0 aliphatic heterocycles. The predicted molar refractivity (Wildman–Crippen MR) is 151 cm³/mol. The molecule has 0 unspecified atom stereocenters. The van der Waals surface area contributed by atoms with Gasteiger partial charge in [-0.15, -0.1) is 0 Å². The number of nitrogens with one attached hydrogen (secondary N) is 2. The minimum absolute atomic E-state index is 0.0441. The second kappa shape index (κ2) is 12.1. The molecule has 0 spiro atoms. The number of alkyl halides is 3. The van der Waals surface area contributed by atoms with E-state index in [2.05, 4.69) is 10.0 Å². The maximum atomic E-state index is 13.5. The van der Waals surface area contributed by atoms with Crippen molar-refractivity contribution in [1.82, 2.24) is 0 Å². The number of para-hydroxylation sites is 2. The fraction of sp³-hybridized carbons (Fsp3) is 0.0741. The number of nitrogens with zero attached hydrogens (tertiary/aromatic N) is 2. The Morgan fingerprint density at radius 1 is 0.791 bits per heavy atom. The lowest BCUT2D eigenvalue weighted by Crippen LogP contribution is -2.38. The van der Waals surface area contributed by atoms with Crippen LogP contribution in [-0.4, -0.2) is 34.2 Å².